The number of hydrogen-bond acceptors (Lipinski definition) is 4. The van der Waals surface area contributed by atoms with Crippen molar-refractivity contribution in [2.45, 2.75) is 52.6 Å². The molecule has 5 rings (SSSR count). The fourth-order valence-corrected chi connectivity index (χ4v) is 5.88. The number of likely N-dealkylation sites (tertiary alicyclic amines) is 1. The number of carbonyl (C=O) groups excluding carboxylic acids is 2. The number of nitrogens with zero attached hydrogens (tertiary/aromatic N) is 2. The molecule has 39 heavy (non-hydrogen) atoms. The monoisotopic (exact) mass is 526 g/mol. The molecule has 2 aliphatic rings. The number of carboxylic acid groups (broad SMARTS) is 1. The van der Waals surface area contributed by atoms with Gasteiger partial charge in [0.25, 0.3) is 11.8 Å². The molecule has 0 saturated carbocycles. The number of anilines is 1. The van der Waals surface area contributed by atoms with Crippen molar-refractivity contribution >= 4 is 35.1 Å². The summed E-state index contributed by atoms with van der Waals surface area (Å²) in [4.78, 5) is 40.2. The Bertz CT molecular complexity index is 1530. The second kappa shape index (κ2) is 10.2. The van der Waals surface area contributed by atoms with E-state index in [4.69, 9.17) is 5.73 Å². The third kappa shape index (κ3) is 4.65. The van der Waals surface area contributed by atoms with E-state index in [1.807, 2.05) is 29.2 Å². The highest BCUT2D eigenvalue weighted by molar-refractivity contribution is 6.35. The summed E-state index contributed by atoms with van der Waals surface area (Å²) in [5.41, 5.74) is 12.5. The highest BCUT2D eigenvalue weighted by Crippen LogP contribution is 2.39. The van der Waals surface area contributed by atoms with Crippen molar-refractivity contribution in [2.75, 3.05) is 18.4 Å². The van der Waals surface area contributed by atoms with Crippen molar-refractivity contribution in [3.8, 4) is 11.1 Å². The first-order valence-corrected chi connectivity index (χ1v) is 13.3. The molecule has 4 N–H and O–H groups in total. The molecule has 202 valence electrons. The quantitative estimate of drug-likeness (QED) is 0.367. The highest BCUT2D eigenvalue weighted by Gasteiger charge is 2.34. The van der Waals surface area contributed by atoms with Crippen molar-refractivity contribution in [1.29, 1.82) is 0 Å². The third-order valence-corrected chi connectivity index (χ3v) is 7.91. The number of benzene rings is 2. The van der Waals surface area contributed by atoms with Crippen LogP contribution in [0.25, 0.3) is 22.8 Å². The van der Waals surface area contributed by atoms with Gasteiger partial charge >= 0.3 is 5.97 Å². The fraction of sp³-hybridized carbons (Fsp3) is 0.323. The molecule has 8 nitrogen and oxygen atoms in total. The molecule has 2 aromatic carbocycles. The van der Waals surface area contributed by atoms with E-state index in [0.29, 0.717) is 47.2 Å². The summed E-state index contributed by atoms with van der Waals surface area (Å²) < 4.78 is 1.69. The highest BCUT2D eigenvalue weighted by atomic mass is 16.4. The zero-order chi connectivity index (χ0) is 28.0. The normalized spacial score (nSPS) is 17.1. The Hall–Kier alpha value is -4.17. The van der Waals surface area contributed by atoms with E-state index in [9.17, 15) is 19.5 Å². The summed E-state index contributed by atoms with van der Waals surface area (Å²) in [6.07, 6.45) is 2.72. The van der Waals surface area contributed by atoms with E-state index in [0.717, 1.165) is 29.5 Å². The van der Waals surface area contributed by atoms with E-state index < -0.39 is 18.0 Å². The maximum absolute atomic E-state index is 13.2. The summed E-state index contributed by atoms with van der Waals surface area (Å²) in [7, 11) is 0. The number of aromatic nitrogens is 1. The van der Waals surface area contributed by atoms with Crippen molar-refractivity contribution in [3.63, 3.8) is 0 Å². The van der Waals surface area contributed by atoms with Gasteiger partial charge in [-0.1, -0.05) is 50.2 Å². The standard InChI is InChI=1S/C31H34N4O4/c1-17(2)20-8-7-9-21(14-20)22-10-11-23-24(29(37)33-25(23)15-22)16-26-18(3)27(31(38)39)19(4)35(26)30(28(32)36)34-12-5-6-13-34/h7-11,14-17,30H,5-6,12-13H2,1-4H3,(H2,32,36)(H,33,37)(H,38,39). The number of primary amides is 1. The number of fused-ring (bicyclic) bond motifs is 1. The van der Waals surface area contributed by atoms with Crippen LogP contribution >= 0.6 is 0 Å². The predicted octanol–water partition coefficient (Wildman–Crippen LogP) is 5.17. The van der Waals surface area contributed by atoms with Crippen LogP contribution in [0.1, 0.15) is 77.2 Å². The van der Waals surface area contributed by atoms with Gasteiger partial charge in [-0.05, 0) is 67.0 Å². The average Bonchev–Trinajstić information content (AvgIpc) is 3.58. The number of hydrogen-bond donors (Lipinski definition) is 3. The minimum Gasteiger partial charge on any atom is -0.478 e. The largest absolute Gasteiger partial charge is 0.478 e. The van der Waals surface area contributed by atoms with Gasteiger partial charge in [-0.3, -0.25) is 14.5 Å². The Morgan fingerprint density at radius 1 is 1.05 bits per heavy atom. The zero-order valence-electron chi connectivity index (χ0n) is 22.7. The predicted molar refractivity (Wildman–Crippen MR) is 152 cm³/mol. The van der Waals surface area contributed by atoms with Crippen molar-refractivity contribution < 1.29 is 19.5 Å². The Kier molecular flexibility index (Phi) is 6.91. The Morgan fingerprint density at radius 3 is 2.38 bits per heavy atom. The summed E-state index contributed by atoms with van der Waals surface area (Å²) in [6.45, 7) is 9.08. The summed E-state index contributed by atoms with van der Waals surface area (Å²) >= 11 is 0. The molecule has 0 radical (unpaired) electrons. The first-order valence-electron chi connectivity index (χ1n) is 13.3. The third-order valence-electron chi connectivity index (χ3n) is 7.91. The number of amides is 2. The minimum atomic E-state index is -1.09. The second-order valence-corrected chi connectivity index (χ2v) is 10.7. The molecular formula is C31H34N4O4. The van der Waals surface area contributed by atoms with Crippen LogP contribution in [0.3, 0.4) is 0 Å². The topological polar surface area (TPSA) is 118 Å². The van der Waals surface area contributed by atoms with E-state index in [1.165, 1.54) is 5.56 Å². The lowest BCUT2D eigenvalue weighted by atomic mass is 9.95. The molecule has 1 fully saturated rings. The van der Waals surface area contributed by atoms with Crippen LogP contribution in [-0.4, -0.2) is 45.4 Å². The number of rotatable bonds is 7. The lowest BCUT2D eigenvalue weighted by molar-refractivity contribution is -0.126. The van der Waals surface area contributed by atoms with E-state index in [-0.39, 0.29) is 11.5 Å². The molecule has 1 atom stereocenters. The van der Waals surface area contributed by atoms with Crippen molar-refractivity contribution in [1.82, 2.24) is 9.47 Å². The van der Waals surface area contributed by atoms with Gasteiger partial charge in [-0.15, -0.1) is 0 Å². The second-order valence-electron chi connectivity index (χ2n) is 10.7. The zero-order valence-corrected chi connectivity index (χ0v) is 22.7. The Balaban J connectivity index is 1.63. The minimum absolute atomic E-state index is 0.117. The Morgan fingerprint density at radius 2 is 1.74 bits per heavy atom. The molecule has 0 aliphatic carbocycles. The van der Waals surface area contributed by atoms with Crippen LogP contribution in [0.4, 0.5) is 5.69 Å². The first-order chi connectivity index (χ1) is 18.6. The summed E-state index contributed by atoms with van der Waals surface area (Å²) in [6, 6.07) is 14.2. The van der Waals surface area contributed by atoms with Crippen LogP contribution in [0, 0.1) is 13.8 Å². The van der Waals surface area contributed by atoms with Crippen LogP contribution in [0.5, 0.6) is 0 Å². The van der Waals surface area contributed by atoms with Gasteiger partial charge in [0.15, 0.2) is 6.17 Å². The SMILES string of the molecule is Cc1c(C(=O)O)c(C)n(C(C(N)=O)N2CCCC2)c1C=C1C(=O)Nc2cc(-c3cccc(C(C)C)c3)ccc21. The number of nitrogens with one attached hydrogen (secondary N) is 1. The van der Waals surface area contributed by atoms with Gasteiger partial charge in [0.05, 0.1) is 11.1 Å². The molecule has 1 unspecified atom stereocenters. The summed E-state index contributed by atoms with van der Waals surface area (Å²) in [5.74, 6) is -1.53. The number of carbonyl (C=O) groups is 3. The molecule has 0 spiro atoms. The molecule has 8 heteroatoms. The molecule has 0 bridgehead atoms. The molecule has 3 heterocycles. The van der Waals surface area contributed by atoms with E-state index >= 15 is 0 Å². The molecule has 3 aromatic rings. The Labute approximate surface area is 228 Å². The number of aromatic carboxylic acids is 1. The van der Waals surface area contributed by atoms with Crippen LogP contribution < -0.4 is 11.1 Å². The molecule has 1 saturated heterocycles. The number of carboxylic acids is 1. The smallest absolute Gasteiger partial charge is 0.337 e. The first kappa shape index (κ1) is 26.4. The summed E-state index contributed by atoms with van der Waals surface area (Å²) in [5, 5.41) is 13.0. The van der Waals surface area contributed by atoms with Crippen LogP contribution in [0.15, 0.2) is 42.5 Å². The molecule has 1 aromatic heterocycles. The van der Waals surface area contributed by atoms with Crippen molar-refractivity contribution in [2.24, 2.45) is 5.73 Å². The van der Waals surface area contributed by atoms with Gasteiger partial charge in [-0.25, -0.2) is 4.79 Å². The van der Waals surface area contributed by atoms with Crippen molar-refractivity contribution in [3.05, 3.63) is 76.1 Å². The van der Waals surface area contributed by atoms with Gasteiger partial charge in [0.2, 0.25) is 0 Å². The van der Waals surface area contributed by atoms with Crippen LogP contribution in [0.2, 0.25) is 0 Å². The fourth-order valence-electron chi connectivity index (χ4n) is 5.88. The van der Waals surface area contributed by atoms with Gasteiger partial charge in [0.1, 0.15) is 0 Å². The van der Waals surface area contributed by atoms with Gasteiger partial charge < -0.3 is 20.7 Å². The van der Waals surface area contributed by atoms with Crippen LogP contribution in [-0.2, 0) is 9.59 Å². The average molecular weight is 527 g/mol. The maximum Gasteiger partial charge on any atom is 0.337 e. The number of nitrogens with two attached hydrogens (primary N) is 1. The van der Waals surface area contributed by atoms with Gasteiger partial charge in [-0.2, -0.15) is 0 Å². The van der Waals surface area contributed by atoms with E-state index in [2.05, 4.69) is 37.4 Å². The lowest BCUT2D eigenvalue weighted by Crippen LogP contribution is -2.41. The molecule has 2 aliphatic heterocycles. The molecular weight excluding hydrogens is 492 g/mol. The van der Waals surface area contributed by atoms with Gasteiger partial charge in [0, 0.05) is 35.7 Å². The maximum atomic E-state index is 13.2. The molecule has 2 amide bonds. The lowest BCUT2D eigenvalue weighted by Gasteiger charge is -2.29. The van der Waals surface area contributed by atoms with E-state index in [1.54, 1.807) is 24.5 Å².